The highest BCUT2D eigenvalue weighted by molar-refractivity contribution is 6.17. The Hall–Kier alpha value is 0.170. The summed E-state index contributed by atoms with van der Waals surface area (Å²) >= 11 is 5.47. The molecule has 1 saturated heterocycles. The first-order valence-electron chi connectivity index (χ1n) is 3.48. The number of hydrogen-bond acceptors (Lipinski definition) is 2. The Bertz CT molecular complexity index is 98.4. The van der Waals surface area contributed by atoms with Crippen molar-refractivity contribution < 1.29 is 9.38 Å². The van der Waals surface area contributed by atoms with Crippen LogP contribution in [0.25, 0.3) is 0 Å². The number of quaternary nitrogens is 1. The van der Waals surface area contributed by atoms with E-state index in [1.807, 2.05) is 0 Å². The average Bonchev–Trinajstić information content (AvgIpc) is 1.89. The fraction of sp³-hybridized carbons (Fsp3) is 1.00. The molecule has 0 aromatic rings. The Morgan fingerprint density at radius 1 is 1.40 bits per heavy atom. The zero-order chi connectivity index (χ0) is 7.45. The van der Waals surface area contributed by atoms with Crippen LogP contribution >= 0.6 is 11.6 Å². The van der Waals surface area contributed by atoms with Crippen molar-refractivity contribution in [1.82, 2.24) is 0 Å². The largest absolute Gasteiger partial charge is 0.633 e. The third-order valence-electron chi connectivity index (χ3n) is 1.78. The van der Waals surface area contributed by atoms with Crippen LogP contribution in [0.2, 0.25) is 0 Å². The maximum absolute atomic E-state index is 11.5. The molecular weight excluding hydrogens is 154 g/mol. The fourth-order valence-electron chi connectivity index (χ4n) is 1.05. The maximum atomic E-state index is 11.5. The van der Waals surface area contributed by atoms with Crippen LogP contribution in [0, 0.1) is 5.21 Å². The predicted octanol–water partition coefficient (Wildman–Crippen LogP) is 0.570. The van der Waals surface area contributed by atoms with Gasteiger partial charge in [0, 0.05) is 0 Å². The molecule has 0 N–H and O–H groups in total. The van der Waals surface area contributed by atoms with Crippen molar-refractivity contribution in [3.63, 3.8) is 0 Å². The molecule has 0 saturated carbocycles. The molecule has 1 fully saturated rings. The Balaban J connectivity index is 2.32. The predicted molar refractivity (Wildman–Crippen MR) is 39.8 cm³/mol. The standard InChI is InChI=1S/C6H12ClNO2/c7-1-2-8(9)3-5-10-6-4-8/h1-6H2. The summed E-state index contributed by atoms with van der Waals surface area (Å²) in [6.45, 7) is 2.81. The summed E-state index contributed by atoms with van der Waals surface area (Å²) in [7, 11) is 0. The zero-order valence-electron chi connectivity index (χ0n) is 5.88. The molecule has 1 aliphatic heterocycles. The molecular formula is C6H12ClNO2. The van der Waals surface area contributed by atoms with Gasteiger partial charge in [0.15, 0.2) is 0 Å². The van der Waals surface area contributed by atoms with Gasteiger partial charge in [-0.15, -0.1) is 11.6 Å². The molecule has 10 heavy (non-hydrogen) atoms. The first kappa shape index (κ1) is 8.27. The molecule has 1 aliphatic rings. The van der Waals surface area contributed by atoms with Gasteiger partial charge in [-0.1, -0.05) is 0 Å². The molecule has 0 atom stereocenters. The highest BCUT2D eigenvalue weighted by Gasteiger charge is 2.19. The fourth-order valence-corrected chi connectivity index (χ4v) is 1.36. The van der Waals surface area contributed by atoms with E-state index in [4.69, 9.17) is 16.3 Å². The van der Waals surface area contributed by atoms with Gasteiger partial charge in [0.05, 0.1) is 25.6 Å². The second kappa shape index (κ2) is 3.53. The molecule has 1 heterocycles. The minimum absolute atomic E-state index is 0.163. The molecule has 0 aromatic heterocycles. The number of rotatable bonds is 2. The third-order valence-corrected chi connectivity index (χ3v) is 1.95. The number of hydrogen-bond donors (Lipinski definition) is 0. The lowest BCUT2D eigenvalue weighted by Gasteiger charge is -2.44. The Morgan fingerprint density at radius 3 is 2.50 bits per heavy atom. The molecule has 60 valence electrons. The van der Waals surface area contributed by atoms with Crippen LogP contribution in [0.15, 0.2) is 0 Å². The quantitative estimate of drug-likeness (QED) is 0.341. The molecule has 0 aromatic carbocycles. The SMILES string of the molecule is [O-][N+]1(CCCl)CCOCC1. The summed E-state index contributed by atoms with van der Waals surface area (Å²) in [4.78, 5) is 0. The monoisotopic (exact) mass is 165 g/mol. The van der Waals surface area contributed by atoms with Crippen molar-refractivity contribution in [2.75, 3.05) is 38.7 Å². The second-order valence-corrected chi connectivity index (χ2v) is 2.91. The van der Waals surface area contributed by atoms with E-state index in [2.05, 4.69) is 0 Å². The van der Waals surface area contributed by atoms with Crippen LogP contribution in [0.5, 0.6) is 0 Å². The third kappa shape index (κ3) is 2.09. The van der Waals surface area contributed by atoms with E-state index in [0.29, 0.717) is 38.7 Å². The molecule has 0 unspecified atom stereocenters. The number of hydroxylamine groups is 3. The van der Waals surface area contributed by atoms with Gasteiger partial charge in [-0.2, -0.15) is 0 Å². The molecule has 0 radical (unpaired) electrons. The molecule has 1 rings (SSSR count). The molecule has 4 heteroatoms. The van der Waals surface area contributed by atoms with Crippen LogP contribution in [0.1, 0.15) is 0 Å². The van der Waals surface area contributed by atoms with Crippen LogP contribution < -0.4 is 0 Å². The average molecular weight is 166 g/mol. The molecule has 0 amide bonds. The molecule has 3 nitrogen and oxygen atoms in total. The summed E-state index contributed by atoms with van der Waals surface area (Å²) in [6.07, 6.45) is 0. The topological polar surface area (TPSA) is 32.3 Å². The van der Waals surface area contributed by atoms with Crippen LogP contribution in [-0.2, 0) is 4.74 Å². The Kier molecular flexibility index (Phi) is 2.92. The van der Waals surface area contributed by atoms with E-state index in [-0.39, 0.29) is 4.65 Å². The molecule has 0 bridgehead atoms. The second-order valence-electron chi connectivity index (χ2n) is 2.53. The van der Waals surface area contributed by atoms with Gasteiger partial charge in [-0.05, 0) is 0 Å². The van der Waals surface area contributed by atoms with Gasteiger partial charge >= 0.3 is 0 Å². The van der Waals surface area contributed by atoms with Gasteiger partial charge < -0.3 is 14.6 Å². The highest BCUT2D eigenvalue weighted by atomic mass is 35.5. The minimum Gasteiger partial charge on any atom is -0.633 e. The van der Waals surface area contributed by atoms with Gasteiger partial charge in [-0.3, -0.25) is 0 Å². The van der Waals surface area contributed by atoms with Crippen LogP contribution in [-0.4, -0.2) is 43.4 Å². The smallest absolute Gasteiger partial charge is 0.102 e. The normalized spacial score (nSPS) is 24.6. The van der Waals surface area contributed by atoms with Gasteiger partial charge in [0.2, 0.25) is 0 Å². The van der Waals surface area contributed by atoms with Crippen molar-refractivity contribution in [3.05, 3.63) is 5.21 Å². The minimum atomic E-state index is -0.163. The lowest BCUT2D eigenvalue weighted by atomic mass is 10.4. The maximum Gasteiger partial charge on any atom is 0.102 e. The van der Waals surface area contributed by atoms with Gasteiger partial charge in [-0.25, -0.2) is 0 Å². The lowest BCUT2D eigenvalue weighted by molar-refractivity contribution is -0.886. The zero-order valence-corrected chi connectivity index (χ0v) is 6.64. The van der Waals surface area contributed by atoms with Gasteiger partial charge in [0.25, 0.3) is 0 Å². The van der Waals surface area contributed by atoms with Crippen molar-refractivity contribution in [1.29, 1.82) is 0 Å². The Labute approximate surface area is 65.7 Å². The van der Waals surface area contributed by atoms with Crippen LogP contribution in [0.3, 0.4) is 0 Å². The van der Waals surface area contributed by atoms with E-state index in [0.717, 1.165) is 0 Å². The van der Waals surface area contributed by atoms with Crippen molar-refractivity contribution in [2.45, 2.75) is 0 Å². The number of ether oxygens (including phenoxy) is 1. The first-order chi connectivity index (χ1) is 4.77. The lowest BCUT2D eigenvalue weighted by Crippen LogP contribution is -2.51. The van der Waals surface area contributed by atoms with Crippen LogP contribution in [0.4, 0.5) is 0 Å². The van der Waals surface area contributed by atoms with Crippen molar-refractivity contribution in [2.24, 2.45) is 0 Å². The van der Waals surface area contributed by atoms with E-state index in [1.54, 1.807) is 0 Å². The Morgan fingerprint density at radius 2 is 2.00 bits per heavy atom. The number of nitrogens with zero attached hydrogens (tertiary/aromatic N) is 1. The van der Waals surface area contributed by atoms with E-state index in [9.17, 15) is 5.21 Å². The van der Waals surface area contributed by atoms with E-state index in [1.165, 1.54) is 0 Å². The van der Waals surface area contributed by atoms with E-state index < -0.39 is 0 Å². The molecule has 0 aliphatic carbocycles. The summed E-state index contributed by atoms with van der Waals surface area (Å²) < 4.78 is 4.89. The first-order valence-corrected chi connectivity index (χ1v) is 4.01. The van der Waals surface area contributed by atoms with Crippen molar-refractivity contribution >= 4 is 11.6 Å². The number of morpholine rings is 1. The van der Waals surface area contributed by atoms with Gasteiger partial charge in [0.1, 0.15) is 13.1 Å². The molecule has 0 spiro atoms. The summed E-state index contributed by atoms with van der Waals surface area (Å²) in [6, 6.07) is 0. The number of halogens is 1. The highest BCUT2D eigenvalue weighted by Crippen LogP contribution is 2.08. The van der Waals surface area contributed by atoms with Crippen molar-refractivity contribution in [3.8, 4) is 0 Å². The summed E-state index contributed by atoms with van der Waals surface area (Å²) in [5, 5.41) is 11.5. The van der Waals surface area contributed by atoms with E-state index >= 15 is 0 Å². The number of alkyl halides is 1. The summed E-state index contributed by atoms with van der Waals surface area (Å²) in [5.74, 6) is 0.448. The summed E-state index contributed by atoms with van der Waals surface area (Å²) in [5.41, 5.74) is 0.